The third kappa shape index (κ3) is 9.65. The van der Waals surface area contributed by atoms with E-state index in [0.717, 1.165) is 6.08 Å². The average Bonchev–Trinajstić information content (AvgIpc) is 3.58. The fourth-order valence-electron chi connectivity index (χ4n) is 5.94. The van der Waals surface area contributed by atoms with E-state index in [1.54, 1.807) is 0 Å². The van der Waals surface area contributed by atoms with Crippen molar-refractivity contribution in [2.45, 2.75) is 108 Å². The summed E-state index contributed by atoms with van der Waals surface area (Å²) in [6.07, 6.45) is 3.39. The molecule has 4 aliphatic rings. The molecule has 0 aromatic heterocycles. The molecule has 2 aliphatic heterocycles. The quantitative estimate of drug-likeness (QED) is 0.137. The summed E-state index contributed by atoms with van der Waals surface area (Å²) in [5.74, 6) is -2.01. The van der Waals surface area contributed by atoms with Gasteiger partial charge in [0, 0.05) is 13.0 Å². The van der Waals surface area contributed by atoms with Gasteiger partial charge in [-0.15, -0.1) is 0 Å². The van der Waals surface area contributed by atoms with E-state index in [4.69, 9.17) is 37.9 Å². The predicted octanol–water partition coefficient (Wildman–Crippen LogP) is 2.95. The number of carbonyl (C=O) groups excluding carboxylic acids is 5. The molecule has 0 amide bonds. The maximum absolute atomic E-state index is 12.8. The monoisotopic (exact) mass is 610 g/mol. The second-order valence-electron chi connectivity index (χ2n) is 11.4. The standard InChI is InChI=1S/C30H42O13/c1-3-25(32)36-14-4-5-15-37-30(35)42-22-12-8-19(9-13-22)28(33)41-21-10-6-20(7-11-21)29(34)43-24-17-39-26-23(40-18(2)31)16-38-27(24)26/h3,19-24,26-27H,1,4-17H2,2H3/t19?,20?,21?,22?,23-,24?,26+,27+/m1/s1. The minimum absolute atomic E-state index is 0.161. The number of hydrogen-bond donors (Lipinski definition) is 0. The number of esters is 4. The zero-order valence-electron chi connectivity index (χ0n) is 24.6. The molecule has 0 bridgehead atoms. The molecule has 1 unspecified atom stereocenters. The van der Waals surface area contributed by atoms with Gasteiger partial charge in [0.1, 0.15) is 24.4 Å². The lowest BCUT2D eigenvalue weighted by Gasteiger charge is -2.31. The van der Waals surface area contributed by atoms with Gasteiger partial charge < -0.3 is 37.9 Å². The van der Waals surface area contributed by atoms with Gasteiger partial charge in [-0.25, -0.2) is 9.59 Å². The maximum atomic E-state index is 12.8. The molecule has 240 valence electrons. The van der Waals surface area contributed by atoms with Crippen molar-refractivity contribution in [2.24, 2.45) is 11.8 Å². The van der Waals surface area contributed by atoms with Crippen LogP contribution in [-0.2, 0) is 57.1 Å². The zero-order valence-corrected chi connectivity index (χ0v) is 24.6. The highest BCUT2D eigenvalue weighted by atomic mass is 16.7. The number of ether oxygens (including phenoxy) is 8. The van der Waals surface area contributed by atoms with Gasteiger partial charge in [0.05, 0.1) is 38.3 Å². The van der Waals surface area contributed by atoms with Crippen molar-refractivity contribution in [2.75, 3.05) is 26.4 Å². The molecule has 2 saturated carbocycles. The summed E-state index contributed by atoms with van der Waals surface area (Å²) in [4.78, 5) is 59.8. The van der Waals surface area contributed by atoms with Gasteiger partial charge in [-0.1, -0.05) is 6.58 Å². The Labute approximate surface area is 250 Å². The van der Waals surface area contributed by atoms with Crippen LogP contribution in [0.3, 0.4) is 0 Å². The van der Waals surface area contributed by atoms with E-state index in [0.29, 0.717) is 64.2 Å². The molecule has 2 heterocycles. The Kier molecular flexibility index (Phi) is 12.2. The highest BCUT2D eigenvalue weighted by Gasteiger charge is 2.51. The zero-order chi connectivity index (χ0) is 30.8. The molecule has 4 atom stereocenters. The maximum Gasteiger partial charge on any atom is 0.508 e. The predicted molar refractivity (Wildman–Crippen MR) is 145 cm³/mol. The Morgan fingerprint density at radius 3 is 1.70 bits per heavy atom. The largest absolute Gasteiger partial charge is 0.508 e. The van der Waals surface area contributed by atoms with Gasteiger partial charge in [0.25, 0.3) is 0 Å². The van der Waals surface area contributed by atoms with Gasteiger partial charge in [0.2, 0.25) is 0 Å². The first-order valence-corrected chi connectivity index (χ1v) is 15.2. The van der Waals surface area contributed by atoms with Crippen molar-refractivity contribution in [1.29, 1.82) is 0 Å². The minimum atomic E-state index is -0.744. The van der Waals surface area contributed by atoms with E-state index in [9.17, 15) is 24.0 Å². The highest BCUT2D eigenvalue weighted by Crippen LogP contribution is 2.34. The number of rotatable bonds is 12. The molecule has 0 radical (unpaired) electrons. The number of unbranched alkanes of at least 4 members (excludes halogenated alkanes) is 1. The average molecular weight is 611 g/mol. The molecular weight excluding hydrogens is 568 g/mol. The molecule has 13 heteroatoms. The van der Waals surface area contributed by atoms with Crippen LogP contribution >= 0.6 is 0 Å². The smallest absolute Gasteiger partial charge is 0.463 e. The molecule has 0 N–H and O–H groups in total. The van der Waals surface area contributed by atoms with Gasteiger partial charge in [-0.05, 0) is 64.2 Å². The Balaban J connectivity index is 1.06. The summed E-state index contributed by atoms with van der Waals surface area (Å²) in [7, 11) is 0. The summed E-state index contributed by atoms with van der Waals surface area (Å²) in [5.41, 5.74) is 0. The lowest BCUT2D eigenvalue weighted by molar-refractivity contribution is -0.163. The Bertz CT molecular complexity index is 996. The van der Waals surface area contributed by atoms with Crippen LogP contribution in [0, 0.1) is 11.8 Å². The Morgan fingerprint density at radius 1 is 0.674 bits per heavy atom. The molecule has 43 heavy (non-hydrogen) atoms. The molecule has 0 aromatic carbocycles. The minimum Gasteiger partial charge on any atom is -0.463 e. The molecule has 0 aromatic rings. The third-order valence-electron chi connectivity index (χ3n) is 8.28. The van der Waals surface area contributed by atoms with Gasteiger partial charge in [0.15, 0.2) is 12.2 Å². The molecule has 0 spiro atoms. The second-order valence-corrected chi connectivity index (χ2v) is 11.4. The topological polar surface area (TPSA) is 159 Å². The Hall–Kier alpha value is -3.19. The fourth-order valence-corrected chi connectivity index (χ4v) is 5.94. The van der Waals surface area contributed by atoms with Crippen molar-refractivity contribution >= 4 is 30.0 Å². The summed E-state index contributed by atoms with van der Waals surface area (Å²) >= 11 is 0. The summed E-state index contributed by atoms with van der Waals surface area (Å²) in [6.45, 7) is 5.43. The van der Waals surface area contributed by atoms with Crippen LogP contribution in [0.4, 0.5) is 4.79 Å². The van der Waals surface area contributed by atoms with Crippen molar-refractivity contribution in [3.8, 4) is 0 Å². The SMILES string of the molecule is C=CC(=O)OCCCCOC(=O)OC1CCC(C(=O)OC2CCC(C(=O)OC3CO[C@H]4[C@H](OC(C)=O)CO[C@@H]34)CC2)CC1. The van der Waals surface area contributed by atoms with Crippen LogP contribution < -0.4 is 0 Å². The molecule has 2 aliphatic carbocycles. The number of fused-ring (bicyclic) bond motifs is 1. The van der Waals surface area contributed by atoms with E-state index < -0.39 is 42.5 Å². The van der Waals surface area contributed by atoms with E-state index in [1.165, 1.54) is 6.92 Å². The fraction of sp³-hybridized carbons (Fsp3) is 0.767. The first-order chi connectivity index (χ1) is 20.7. The summed E-state index contributed by atoms with van der Waals surface area (Å²) in [6, 6.07) is 0. The molecule has 4 rings (SSSR count). The van der Waals surface area contributed by atoms with E-state index in [-0.39, 0.29) is 62.4 Å². The molecule has 2 saturated heterocycles. The Morgan fingerprint density at radius 2 is 1.16 bits per heavy atom. The second kappa shape index (κ2) is 16.0. The van der Waals surface area contributed by atoms with Crippen LogP contribution in [0.5, 0.6) is 0 Å². The van der Waals surface area contributed by atoms with E-state index >= 15 is 0 Å². The van der Waals surface area contributed by atoms with Crippen LogP contribution in [0.25, 0.3) is 0 Å². The van der Waals surface area contributed by atoms with Crippen molar-refractivity contribution in [3.63, 3.8) is 0 Å². The molecular formula is C30H42O13. The first kappa shape index (κ1) is 32.7. The van der Waals surface area contributed by atoms with Crippen LogP contribution in [0.15, 0.2) is 12.7 Å². The van der Waals surface area contributed by atoms with Crippen molar-refractivity contribution in [3.05, 3.63) is 12.7 Å². The number of carbonyl (C=O) groups is 5. The third-order valence-corrected chi connectivity index (χ3v) is 8.28. The van der Waals surface area contributed by atoms with E-state index in [1.807, 2.05) is 0 Å². The molecule has 13 nitrogen and oxygen atoms in total. The van der Waals surface area contributed by atoms with Crippen molar-refractivity contribution < 1.29 is 61.9 Å². The van der Waals surface area contributed by atoms with Crippen LogP contribution in [-0.4, -0.2) is 93.1 Å². The lowest BCUT2D eigenvalue weighted by Crippen LogP contribution is -2.38. The molecule has 4 fully saturated rings. The summed E-state index contributed by atoms with van der Waals surface area (Å²) in [5, 5.41) is 0. The number of hydrogen-bond acceptors (Lipinski definition) is 13. The first-order valence-electron chi connectivity index (χ1n) is 15.2. The van der Waals surface area contributed by atoms with E-state index in [2.05, 4.69) is 6.58 Å². The normalized spacial score (nSPS) is 31.7. The van der Waals surface area contributed by atoms with Gasteiger partial charge >= 0.3 is 30.0 Å². The lowest BCUT2D eigenvalue weighted by atomic mass is 9.86. The summed E-state index contributed by atoms with van der Waals surface area (Å²) < 4.78 is 43.4. The van der Waals surface area contributed by atoms with Crippen molar-refractivity contribution in [1.82, 2.24) is 0 Å². The van der Waals surface area contributed by atoms with Gasteiger partial charge in [-0.3, -0.25) is 14.4 Å². The van der Waals surface area contributed by atoms with Crippen LogP contribution in [0.2, 0.25) is 0 Å². The van der Waals surface area contributed by atoms with Crippen LogP contribution in [0.1, 0.15) is 71.1 Å². The highest BCUT2D eigenvalue weighted by molar-refractivity contribution is 5.81. The van der Waals surface area contributed by atoms with Gasteiger partial charge in [-0.2, -0.15) is 0 Å².